The molecule has 2 aromatic rings. The van der Waals surface area contributed by atoms with E-state index in [1.807, 2.05) is 11.3 Å². The van der Waals surface area contributed by atoms with Crippen molar-refractivity contribution in [2.45, 2.75) is 32.4 Å². The molecule has 1 saturated heterocycles. The summed E-state index contributed by atoms with van der Waals surface area (Å²) in [7, 11) is 0. The van der Waals surface area contributed by atoms with Gasteiger partial charge in [0.15, 0.2) is 0 Å². The molecule has 0 aliphatic carbocycles. The van der Waals surface area contributed by atoms with Gasteiger partial charge in [-0.15, -0.1) is 11.3 Å². The first-order chi connectivity index (χ1) is 9.29. The first kappa shape index (κ1) is 13.1. The molecule has 0 radical (unpaired) electrons. The largest absolute Gasteiger partial charge is 0.378 e. The van der Waals surface area contributed by atoms with E-state index in [4.69, 9.17) is 4.74 Å². The van der Waals surface area contributed by atoms with Crippen LogP contribution in [0.1, 0.15) is 31.9 Å². The maximum Gasteiger partial charge on any atom is 0.0551 e. The fraction of sp³-hybridized carbons (Fsp3) is 0.500. The summed E-state index contributed by atoms with van der Waals surface area (Å²) in [5.41, 5.74) is 1.44. The second-order valence-corrected chi connectivity index (χ2v) is 6.28. The van der Waals surface area contributed by atoms with Crippen LogP contribution in [0, 0.1) is 5.92 Å². The number of rotatable bonds is 4. The Morgan fingerprint density at radius 2 is 2.32 bits per heavy atom. The first-order valence-electron chi connectivity index (χ1n) is 7.10. The molecule has 1 aliphatic rings. The molecule has 0 spiro atoms. The van der Waals surface area contributed by atoms with Crippen LogP contribution in [0.5, 0.6) is 0 Å². The average molecular weight is 275 g/mol. The van der Waals surface area contributed by atoms with Crippen LogP contribution < -0.4 is 5.32 Å². The quantitative estimate of drug-likeness (QED) is 0.911. The fourth-order valence-electron chi connectivity index (χ4n) is 3.09. The molecule has 3 heteroatoms. The highest BCUT2D eigenvalue weighted by atomic mass is 32.1. The minimum atomic E-state index is 0.397. The molecule has 3 atom stereocenters. The molecular weight excluding hydrogens is 254 g/mol. The van der Waals surface area contributed by atoms with Gasteiger partial charge < -0.3 is 10.1 Å². The van der Waals surface area contributed by atoms with E-state index >= 15 is 0 Å². The molecule has 1 fully saturated rings. The summed E-state index contributed by atoms with van der Waals surface area (Å²) >= 11 is 1.85. The Hall–Kier alpha value is -0.900. The lowest BCUT2D eigenvalue weighted by atomic mass is 9.90. The van der Waals surface area contributed by atoms with Gasteiger partial charge in [-0.2, -0.15) is 0 Å². The van der Waals surface area contributed by atoms with Gasteiger partial charge in [-0.25, -0.2) is 0 Å². The maximum absolute atomic E-state index is 5.77. The van der Waals surface area contributed by atoms with E-state index in [-0.39, 0.29) is 0 Å². The molecule has 102 valence electrons. The topological polar surface area (TPSA) is 21.3 Å². The van der Waals surface area contributed by atoms with Gasteiger partial charge in [-0.05, 0) is 42.3 Å². The maximum atomic E-state index is 5.77. The predicted molar refractivity (Wildman–Crippen MR) is 81.8 cm³/mol. The Balaban J connectivity index is 1.97. The van der Waals surface area contributed by atoms with Crippen LogP contribution in [0.3, 0.4) is 0 Å². The zero-order valence-electron chi connectivity index (χ0n) is 11.6. The lowest BCUT2D eigenvalue weighted by molar-refractivity contribution is 0.117. The van der Waals surface area contributed by atoms with Gasteiger partial charge in [0, 0.05) is 16.7 Å². The fourth-order valence-corrected chi connectivity index (χ4v) is 4.05. The number of ether oxygens (including phenoxy) is 1. The third-order valence-electron chi connectivity index (χ3n) is 3.97. The highest BCUT2D eigenvalue weighted by Gasteiger charge is 2.31. The highest BCUT2D eigenvalue weighted by Crippen LogP contribution is 2.36. The van der Waals surface area contributed by atoms with Gasteiger partial charge in [0.1, 0.15) is 0 Å². The monoisotopic (exact) mass is 275 g/mol. The molecule has 1 aliphatic heterocycles. The van der Waals surface area contributed by atoms with Crippen molar-refractivity contribution in [2.24, 2.45) is 5.92 Å². The lowest BCUT2D eigenvalue weighted by Crippen LogP contribution is -2.28. The summed E-state index contributed by atoms with van der Waals surface area (Å²) in [6.45, 7) is 6.23. The molecule has 2 heterocycles. The molecular formula is C16H21NOS. The van der Waals surface area contributed by atoms with E-state index in [1.165, 1.54) is 15.6 Å². The molecule has 0 bridgehead atoms. The van der Waals surface area contributed by atoms with Crippen molar-refractivity contribution in [1.82, 2.24) is 5.32 Å². The van der Waals surface area contributed by atoms with Crippen molar-refractivity contribution in [3.05, 3.63) is 35.2 Å². The average Bonchev–Trinajstić information content (AvgIpc) is 3.04. The number of fused-ring (bicyclic) bond motifs is 1. The Kier molecular flexibility index (Phi) is 3.87. The molecule has 3 unspecified atom stereocenters. The van der Waals surface area contributed by atoms with Crippen LogP contribution in [0.15, 0.2) is 29.6 Å². The van der Waals surface area contributed by atoms with Crippen molar-refractivity contribution in [3.8, 4) is 0 Å². The van der Waals surface area contributed by atoms with Crippen LogP contribution in [-0.4, -0.2) is 19.3 Å². The minimum Gasteiger partial charge on any atom is -0.378 e. The van der Waals surface area contributed by atoms with Gasteiger partial charge >= 0.3 is 0 Å². The van der Waals surface area contributed by atoms with E-state index in [9.17, 15) is 0 Å². The number of hydrogen-bond acceptors (Lipinski definition) is 3. The van der Waals surface area contributed by atoms with E-state index in [2.05, 4.69) is 48.8 Å². The predicted octanol–water partition coefficient (Wildman–Crippen LogP) is 3.98. The van der Waals surface area contributed by atoms with Gasteiger partial charge in [0.25, 0.3) is 0 Å². The highest BCUT2D eigenvalue weighted by molar-refractivity contribution is 7.17. The summed E-state index contributed by atoms with van der Waals surface area (Å²) in [5.74, 6) is 0.586. The molecule has 3 rings (SSSR count). The van der Waals surface area contributed by atoms with Crippen LogP contribution >= 0.6 is 11.3 Å². The van der Waals surface area contributed by atoms with Crippen LogP contribution in [0.25, 0.3) is 10.1 Å². The minimum absolute atomic E-state index is 0.397. The molecule has 0 saturated carbocycles. The third kappa shape index (κ3) is 2.55. The Morgan fingerprint density at radius 3 is 3.05 bits per heavy atom. The molecule has 1 N–H and O–H groups in total. The van der Waals surface area contributed by atoms with Crippen molar-refractivity contribution in [1.29, 1.82) is 0 Å². The molecule has 0 amide bonds. The van der Waals surface area contributed by atoms with E-state index in [1.54, 1.807) is 0 Å². The zero-order valence-corrected chi connectivity index (χ0v) is 12.4. The second-order valence-electron chi connectivity index (χ2n) is 5.36. The standard InChI is InChI=1S/C16H21NOS/c1-3-17-15(13-9-11(2)18-10-13)14-6-4-5-12-7-8-19-16(12)14/h4-8,11,13,15,17H,3,9-10H2,1-2H3. The van der Waals surface area contributed by atoms with Gasteiger partial charge in [0.05, 0.1) is 12.7 Å². The smallest absolute Gasteiger partial charge is 0.0551 e. The second kappa shape index (κ2) is 5.61. The van der Waals surface area contributed by atoms with Crippen LogP contribution in [0.2, 0.25) is 0 Å². The summed E-state index contributed by atoms with van der Waals surface area (Å²) in [5, 5.41) is 7.21. The van der Waals surface area contributed by atoms with Crippen molar-refractivity contribution >= 4 is 21.4 Å². The molecule has 2 nitrogen and oxygen atoms in total. The first-order valence-corrected chi connectivity index (χ1v) is 7.98. The summed E-state index contributed by atoms with van der Waals surface area (Å²) < 4.78 is 7.20. The summed E-state index contributed by atoms with van der Waals surface area (Å²) in [6.07, 6.45) is 1.55. The van der Waals surface area contributed by atoms with Gasteiger partial charge in [-0.1, -0.05) is 25.1 Å². The normalized spacial score (nSPS) is 24.9. The number of benzene rings is 1. The Morgan fingerprint density at radius 1 is 1.42 bits per heavy atom. The molecule has 1 aromatic heterocycles. The lowest BCUT2D eigenvalue weighted by Gasteiger charge is -2.24. The van der Waals surface area contributed by atoms with E-state index < -0.39 is 0 Å². The van der Waals surface area contributed by atoms with Crippen LogP contribution in [-0.2, 0) is 4.74 Å². The van der Waals surface area contributed by atoms with E-state index in [0.29, 0.717) is 18.1 Å². The Bertz CT molecular complexity index is 550. The van der Waals surface area contributed by atoms with Crippen molar-refractivity contribution in [3.63, 3.8) is 0 Å². The number of thiophene rings is 1. The van der Waals surface area contributed by atoms with Crippen LogP contribution in [0.4, 0.5) is 0 Å². The number of hydrogen-bond donors (Lipinski definition) is 1. The summed E-state index contributed by atoms with van der Waals surface area (Å²) in [6, 6.07) is 9.27. The SMILES string of the molecule is CCNC(c1cccc2ccsc12)C1COC(C)C1. The number of nitrogens with one attached hydrogen (secondary N) is 1. The molecule has 19 heavy (non-hydrogen) atoms. The third-order valence-corrected chi connectivity index (χ3v) is 4.95. The van der Waals surface area contributed by atoms with E-state index in [0.717, 1.165) is 19.6 Å². The summed E-state index contributed by atoms with van der Waals surface area (Å²) in [4.78, 5) is 0. The zero-order chi connectivity index (χ0) is 13.2. The molecule has 1 aromatic carbocycles. The van der Waals surface area contributed by atoms with Gasteiger partial charge in [0.2, 0.25) is 0 Å². The van der Waals surface area contributed by atoms with Crippen molar-refractivity contribution in [2.75, 3.05) is 13.2 Å². The van der Waals surface area contributed by atoms with Crippen molar-refractivity contribution < 1.29 is 4.74 Å². The van der Waals surface area contributed by atoms with Gasteiger partial charge in [-0.3, -0.25) is 0 Å². The Labute approximate surface area is 118 Å².